The Kier molecular flexibility index (Phi) is 6.01. The molecule has 1 aliphatic rings. The first-order chi connectivity index (χ1) is 9.14. The Morgan fingerprint density at radius 2 is 1.95 bits per heavy atom. The van der Waals surface area contributed by atoms with E-state index in [2.05, 4.69) is 0 Å². The monoisotopic (exact) mass is 305 g/mol. The summed E-state index contributed by atoms with van der Waals surface area (Å²) in [4.78, 5) is 14.1. The second kappa shape index (κ2) is 6.89. The van der Waals surface area contributed by atoms with Crippen LogP contribution in [0.1, 0.15) is 47.0 Å². The van der Waals surface area contributed by atoms with Crippen LogP contribution in [0.25, 0.3) is 0 Å². The summed E-state index contributed by atoms with van der Waals surface area (Å²) in [6.45, 7) is 8.58. The number of hydrogen-bond acceptors (Lipinski definition) is 5. The summed E-state index contributed by atoms with van der Waals surface area (Å²) < 4.78 is 28.9. The molecular formula is C14H27NO4S. The van der Waals surface area contributed by atoms with E-state index in [1.54, 1.807) is 0 Å². The van der Waals surface area contributed by atoms with Crippen LogP contribution in [0.5, 0.6) is 0 Å². The van der Waals surface area contributed by atoms with Crippen LogP contribution >= 0.6 is 0 Å². The van der Waals surface area contributed by atoms with Crippen LogP contribution in [-0.4, -0.2) is 55.5 Å². The molecular weight excluding hydrogens is 278 g/mol. The summed E-state index contributed by atoms with van der Waals surface area (Å²) in [5.41, 5.74) is -0.500. The molecule has 1 aliphatic heterocycles. The van der Waals surface area contributed by atoms with Gasteiger partial charge in [0, 0.05) is 12.3 Å². The van der Waals surface area contributed by atoms with Gasteiger partial charge in [-0.3, -0.25) is 9.69 Å². The second-order valence-electron chi connectivity index (χ2n) is 6.38. The summed E-state index contributed by atoms with van der Waals surface area (Å²) in [6.07, 6.45) is 2.30. The first-order valence-electron chi connectivity index (χ1n) is 7.32. The van der Waals surface area contributed by atoms with Crippen LogP contribution in [0.3, 0.4) is 0 Å². The summed E-state index contributed by atoms with van der Waals surface area (Å²) in [6, 6.07) is -0.286. The Hall–Kier alpha value is -0.620. The highest BCUT2D eigenvalue weighted by Gasteiger charge is 2.34. The molecule has 0 N–H and O–H groups in total. The molecule has 0 spiro atoms. The molecule has 0 aromatic rings. The van der Waals surface area contributed by atoms with Gasteiger partial charge in [-0.15, -0.1) is 0 Å². The van der Waals surface area contributed by atoms with Gasteiger partial charge >= 0.3 is 5.97 Å². The highest BCUT2D eigenvalue weighted by molar-refractivity contribution is 7.91. The summed E-state index contributed by atoms with van der Waals surface area (Å²) in [5.74, 6) is 0.112. The molecule has 1 fully saturated rings. The molecule has 1 rings (SSSR count). The quantitative estimate of drug-likeness (QED) is 0.698. The van der Waals surface area contributed by atoms with Crippen molar-refractivity contribution in [3.63, 3.8) is 0 Å². The van der Waals surface area contributed by atoms with E-state index in [1.807, 2.05) is 32.6 Å². The molecule has 1 heterocycles. The fraction of sp³-hybridized carbons (Fsp3) is 0.929. The smallest absolute Gasteiger partial charge is 0.323 e. The van der Waals surface area contributed by atoms with E-state index in [0.717, 1.165) is 19.4 Å². The zero-order valence-corrected chi connectivity index (χ0v) is 13.8. The van der Waals surface area contributed by atoms with Gasteiger partial charge in [0.25, 0.3) is 0 Å². The largest absolute Gasteiger partial charge is 0.459 e. The minimum Gasteiger partial charge on any atom is -0.459 e. The standard InChI is InChI=1S/C14H27NO4S/c1-5-10-20(17,18)11-9-15-8-6-7-12(15)13(16)19-14(2,3)4/h12H,5-11H2,1-4H3/t12-/m0/s1. The molecule has 0 aromatic carbocycles. The maximum atomic E-state index is 12.1. The number of nitrogens with zero attached hydrogens (tertiary/aromatic N) is 1. The normalized spacial score (nSPS) is 21.1. The zero-order chi connectivity index (χ0) is 15.4. The van der Waals surface area contributed by atoms with Crippen molar-refractivity contribution in [2.24, 2.45) is 0 Å². The number of likely N-dealkylation sites (tertiary alicyclic amines) is 1. The van der Waals surface area contributed by atoms with Crippen molar-refractivity contribution in [3.05, 3.63) is 0 Å². The summed E-state index contributed by atoms with van der Waals surface area (Å²) in [7, 11) is -3.00. The number of ether oxygens (including phenoxy) is 1. The van der Waals surface area contributed by atoms with E-state index < -0.39 is 15.4 Å². The lowest BCUT2D eigenvalue weighted by Crippen LogP contribution is -2.42. The predicted octanol–water partition coefficient (Wildman–Crippen LogP) is 1.62. The van der Waals surface area contributed by atoms with Gasteiger partial charge < -0.3 is 4.74 Å². The molecule has 0 saturated carbocycles. The van der Waals surface area contributed by atoms with Gasteiger partial charge in [-0.2, -0.15) is 0 Å². The van der Waals surface area contributed by atoms with Crippen molar-refractivity contribution in [1.82, 2.24) is 4.90 Å². The highest BCUT2D eigenvalue weighted by Crippen LogP contribution is 2.21. The molecule has 0 aromatic heterocycles. The van der Waals surface area contributed by atoms with Crippen LogP contribution in [-0.2, 0) is 19.4 Å². The van der Waals surface area contributed by atoms with Gasteiger partial charge in [0.2, 0.25) is 0 Å². The average Bonchev–Trinajstić information content (AvgIpc) is 2.72. The lowest BCUT2D eigenvalue weighted by Gasteiger charge is -2.27. The topological polar surface area (TPSA) is 63.7 Å². The van der Waals surface area contributed by atoms with E-state index in [9.17, 15) is 13.2 Å². The molecule has 0 aliphatic carbocycles. The van der Waals surface area contributed by atoms with Crippen molar-refractivity contribution in [2.45, 2.75) is 58.6 Å². The first kappa shape index (κ1) is 17.4. The Labute approximate surface area is 122 Å². The minimum absolute atomic E-state index is 0.125. The summed E-state index contributed by atoms with van der Waals surface area (Å²) in [5, 5.41) is 0. The molecule has 0 amide bonds. The molecule has 0 radical (unpaired) electrons. The fourth-order valence-corrected chi connectivity index (χ4v) is 3.74. The van der Waals surface area contributed by atoms with E-state index in [-0.39, 0.29) is 23.5 Å². The molecule has 1 atom stereocenters. The predicted molar refractivity (Wildman–Crippen MR) is 79.4 cm³/mol. The number of esters is 1. The molecule has 6 heteroatoms. The van der Waals surface area contributed by atoms with Crippen LogP contribution in [0.15, 0.2) is 0 Å². The molecule has 0 unspecified atom stereocenters. The van der Waals surface area contributed by atoms with Crippen molar-refractivity contribution in [2.75, 3.05) is 24.6 Å². The van der Waals surface area contributed by atoms with Gasteiger partial charge in [0.15, 0.2) is 9.84 Å². The van der Waals surface area contributed by atoms with E-state index in [0.29, 0.717) is 13.0 Å². The first-order valence-corrected chi connectivity index (χ1v) is 9.14. The maximum absolute atomic E-state index is 12.1. The third-order valence-corrected chi connectivity index (χ3v) is 5.08. The third-order valence-electron chi connectivity index (χ3n) is 3.25. The molecule has 5 nitrogen and oxygen atoms in total. The number of carbonyl (C=O) groups is 1. The van der Waals surface area contributed by atoms with Crippen LogP contribution < -0.4 is 0 Å². The number of rotatable bonds is 6. The van der Waals surface area contributed by atoms with E-state index >= 15 is 0 Å². The maximum Gasteiger partial charge on any atom is 0.323 e. The molecule has 1 saturated heterocycles. The lowest BCUT2D eigenvalue weighted by molar-refractivity contribution is -0.160. The Bertz CT molecular complexity index is 425. The van der Waals surface area contributed by atoms with Crippen LogP contribution in [0.2, 0.25) is 0 Å². The minimum atomic E-state index is -3.00. The molecule has 20 heavy (non-hydrogen) atoms. The van der Waals surface area contributed by atoms with E-state index in [4.69, 9.17) is 4.74 Å². The fourth-order valence-electron chi connectivity index (χ4n) is 2.40. The number of sulfone groups is 1. The highest BCUT2D eigenvalue weighted by atomic mass is 32.2. The van der Waals surface area contributed by atoms with Gasteiger partial charge in [-0.25, -0.2) is 8.42 Å². The molecule has 118 valence electrons. The van der Waals surface area contributed by atoms with Crippen molar-refractivity contribution in [1.29, 1.82) is 0 Å². The van der Waals surface area contributed by atoms with Gasteiger partial charge in [-0.1, -0.05) is 6.92 Å². The van der Waals surface area contributed by atoms with Gasteiger partial charge in [0.05, 0.1) is 5.75 Å². The summed E-state index contributed by atoms with van der Waals surface area (Å²) >= 11 is 0. The third kappa shape index (κ3) is 5.79. The Morgan fingerprint density at radius 1 is 1.30 bits per heavy atom. The Balaban J connectivity index is 2.55. The van der Waals surface area contributed by atoms with Crippen molar-refractivity contribution < 1.29 is 17.9 Å². The second-order valence-corrected chi connectivity index (χ2v) is 8.68. The zero-order valence-electron chi connectivity index (χ0n) is 13.0. The van der Waals surface area contributed by atoms with E-state index in [1.165, 1.54) is 0 Å². The SMILES string of the molecule is CCCS(=O)(=O)CCN1CCC[C@H]1C(=O)OC(C)(C)C. The lowest BCUT2D eigenvalue weighted by atomic mass is 10.1. The Morgan fingerprint density at radius 3 is 2.50 bits per heavy atom. The van der Waals surface area contributed by atoms with Crippen molar-refractivity contribution in [3.8, 4) is 0 Å². The van der Waals surface area contributed by atoms with Gasteiger partial charge in [0.1, 0.15) is 11.6 Å². The number of carbonyl (C=O) groups excluding carboxylic acids is 1. The van der Waals surface area contributed by atoms with Crippen LogP contribution in [0.4, 0.5) is 0 Å². The molecule has 0 bridgehead atoms. The van der Waals surface area contributed by atoms with Crippen molar-refractivity contribution >= 4 is 15.8 Å². The number of hydrogen-bond donors (Lipinski definition) is 0. The van der Waals surface area contributed by atoms with Crippen LogP contribution in [0, 0.1) is 0 Å². The van der Waals surface area contributed by atoms with Gasteiger partial charge in [-0.05, 0) is 46.6 Å². The average molecular weight is 305 g/mol.